The highest BCUT2D eigenvalue weighted by Crippen LogP contribution is 2.42. The van der Waals surface area contributed by atoms with Crippen LogP contribution in [0.25, 0.3) is 0 Å². The van der Waals surface area contributed by atoms with E-state index in [9.17, 15) is 30.8 Å². The molecule has 0 fully saturated rings. The molecule has 0 unspecified atom stereocenters. The van der Waals surface area contributed by atoms with Crippen LogP contribution in [-0.4, -0.2) is 29.7 Å². The molecule has 0 aliphatic rings. The number of benzene rings is 1. The highest BCUT2D eigenvalue weighted by Gasteiger charge is 2.56. The lowest BCUT2D eigenvalue weighted by molar-refractivity contribution is -0.116. The molecule has 0 aliphatic heterocycles. The fourth-order valence-electron chi connectivity index (χ4n) is 1.34. The van der Waals surface area contributed by atoms with E-state index < -0.39 is 41.8 Å². The van der Waals surface area contributed by atoms with E-state index in [1.807, 2.05) is 0 Å². The van der Waals surface area contributed by atoms with E-state index >= 15 is 0 Å². The van der Waals surface area contributed by atoms with E-state index in [4.69, 9.17) is 5.11 Å². The third-order valence-electron chi connectivity index (χ3n) is 2.12. The summed E-state index contributed by atoms with van der Waals surface area (Å²) in [7, 11) is -6.00. The van der Waals surface area contributed by atoms with Crippen molar-refractivity contribution in [1.82, 2.24) is 0 Å². The first-order valence-corrected chi connectivity index (χ1v) is 7.00. The molecule has 0 aromatic heterocycles. The number of alkyl halides is 6. The molecular weight excluding hydrogens is 365 g/mol. The number of hydrogen-bond acceptors (Lipinski definition) is 3. The molecule has 0 saturated carbocycles. The molecule has 0 atom stereocenters. The topological polar surface area (TPSA) is 74.7 Å². The van der Waals surface area contributed by atoms with E-state index in [0.29, 0.717) is 12.1 Å². The average Bonchev–Trinajstić information content (AvgIpc) is 2.25. The minimum Gasteiger partial charge on any atom is -0.478 e. The van der Waals surface area contributed by atoms with Crippen molar-refractivity contribution in [2.45, 2.75) is 10.2 Å². The van der Waals surface area contributed by atoms with Gasteiger partial charge in [0.25, 0.3) is 0 Å². The van der Waals surface area contributed by atoms with Crippen molar-refractivity contribution in [2.24, 2.45) is 0 Å². The zero-order valence-corrected chi connectivity index (χ0v) is 11.9. The van der Waals surface area contributed by atoms with E-state index in [2.05, 4.69) is 23.2 Å². The second kappa shape index (κ2) is 5.50. The summed E-state index contributed by atoms with van der Waals surface area (Å²) in [5.41, 5.74) is -2.38. The maximum atomic E-state index is 13.2. The Morgan fingerprint density at radius 2 is 1.62 bits per heavy atom. The summed E-state index contributed by atoms with van der Waals surface area (Å²) in [4.78, 5) is 10.9. The lowest BCUT2D eigenvalue weighted by Gasteiger charge is -2.29. The number of aromatic carboxylic acids is 1. The van der Waals surface area contributed by atoms with Crippen LogP contribution in [0.1, 0.15) is 10.4 Å². The second-order valence-electron chi connectivity index (χ2n) is 3.51. The van der Waals surface area contributed by atoms with E-state index in [1.54, 1.807) is 0 Å². The Balaban J connectivity index is 3.69. The Bertz CT molecular complexity index is 656. The SMILES string of the molecule is O=C(O)c1ccccc1N(C(F)(F)F)S(=O)(=O)C(F)(Cl)Cl. The predicted molar refractivity (Wildman–Crippen MR) is 66.4 cm³/mol. The number of hydrogen-bond donors (Lipinski definition) is 1. The minimum atomic E-state index is -6.00. The van der Waals surface area contributed by atoms with Crippen molar-refractivity contribution in [3.63, 3.8) is 0 Å². The van der Waals surface area contributed by atoms with Crippen molar-refractivity contribution in [1.29, 1.82) is 0 Å². The van der Waals surface area contributed by atoms with Gasteiger partial charge in [0.15, 0.2) is 0 Å². The summed E-state index contributed by atoms with van der Waals surface area (Å²) in [5.74, 6) is -1.86. The van der Waals surface area contributed by atoms with Gasteiger partial charge in [-0.2, -0.15) is 17.1 Å². The number of rotatable bonds is 4. The van der Waals surface area contributed by atoms with E-state index in [0.717, 1.165) is 12.1 Å². The van der Waals surface area contributed by atoms with Crippen molar-refractivity contribution < 1.29 is 35.9 Å². The maximum Gasteiger partial charge on any atom is 0.498 e. The Kier molecular flexibility index (Phi) is 4.66. The predicted octanol–water partition coefficient (Wildman–Crippen LogP) is 3.10. The number of halogens is 6. The lowest BCUT2D eigenvalue weighted by atomic mass is 10.2. The van der Waals surface area contributed by atoms with Gasteiger partial charge in [0.05, 0.1) is 11.3 Å². The molecule has 118 valence electrons. The molecule has 0 amide bonds. The van der Waals surface area contributed by atoms with Gasteiger partial charge in [-0.15, -0.1) is 13.2 Å². The van der Waals surface area contributed by atoms with Crippen LogP contribution in [0.3, 0.4) is 0 Å². The molecule has 12 heteroatoms. The van der Waals surface area contributed by atoms with Gasteiger partial charge in [0.1, 0.15) is 0 Å². The zero-order chi connectivity index (χ0) is 16.6. The number of carboxylic acids is 1. The molecule has 1 N–H and O–H groups in total. The molecule has 0 spiro atoms. The molecule has 0 heterocycles. The van der Waals surface area contributed by atoms with Gasteiger partial charge < -0.3 is 5.11 Å². The monoisotopic (exact) mass is 369 g/mol. The third kappa shape index (κ3) is 3.50. The average molecular weight is 370 g/mol. The van der Waals surface area contributed by atoms with Crippen molar-refractivity contribution in [3.8, 4) is 0 Å². The molecule has 21 heavy (non-hydrogen) atoms. The highest BCUT2D eigenvalue weighted by atomic mass is 35.5. The Hall–Kier alpha value is -1.26. The Morgan fingerprint density at radius 3 is 2.00 bits per heavy atom. The van der Waals surface area contributed by atoms with Gasteiger partial charge in [-0.25, -0.2) is 4.79 Å². The largest absolute Gasteiger partial charge is 0.498 e. The van der Waals surface area contributed by atoms with Gasteiger partial charge in [-0.1, -0.05) is 12.1 Å². The fourth-order valence-corrected chi connectivity index (χ4v) is 2.65. The number of nitrogens with zero attached hydrogens (tertiary/aromatic N) is 1. The molecule has 1 aromatic rings. The summed E-state index contributed by atoms with van der Waals surface area (Å²) in [5, 5.41) is 8.80. The molecular formula is C9H5Cl2F4NO4S. The second-order valence-corrected chi connectivity index (χ2v) is 7.07. The fraction of sp³-hybridized carbons (Fsp3) is 0.222. The number of carbonyl (C=O) groups is 1. The number of sulfonamides is 1. The first-order valence-electron chi connectivity index (χ1n) is 4.81. The quantitative estimate of drug-likeness (QED) is 0.502. The Morgan fingerprint density at radius 1 is 1.14 bits per heavy atom. The first-order chi connectivity index (χ1) is 9.30. The van der Waals surface area contributed by atoms with Crippen LogP contribution in [-0.2, 0) is 10.0 Å². The molecule has 0 radical (unpaired) electrons. The molecule has 1 rings (SSSR count). The molecule has 0 saturated heterocycles. The van der Waals surface area contributed by atoms with Crippen LogP contribution in [0.2, 0.25) is 0 Å². The van der Waals surface area contributed by atoms with Gasteiger partial charge in [-0.3, -0.25) is 0 Å². The normalized spacial score (nSPS) is 13.0. The van der Waals surface area contributed by atoms with Crippen LogP contribution >= 0.6 is 23.2 Å². The minimum absolute atomic E-state index is 0.522. The van der Waals surface area contributed by atoms with E-state index in [-0.39, 0.29) is 0 Å². The van der Waals surface area contributed by atoms with Crippen LogP contribution < -0.4 is 4.31 Å². The highest BCUT2D eigenvalue weighted by molar-refractivity contribution is 7.96. The molecule has 0 bridgehead atoms. The number of para-hydroxylation sites is 1. The summed E-state index contributed by atoms with van der Waals surface area (Å²) < 4.78 is 69.4. The van der Waals surface area contributed by atoms with Crippen LogP contribution in [0, 0.1) is 0 Å². The standard InChI is InChI=1S/C9H5Cl2F4NO4S/c10-8(11,12)21(19,20)16(9(13,14)15)6-4-2-1-3-5(6)7(17)18/h1-4H,(H,17,18). The van der Waals surface area contributed by atoms with Crippen molar-refractivity contribution in [2.75, 3.05) is 4.31 Å². The smallest absolute Gasteiger partial charge is 0.478 e. The lowest BCUT2D eigenvalue weighted by Crippen LogP contribution is -2.48. The number of anilines is 1. The van der Waals surface area contributed by atoms with Crippen molar-refractivity contribution >= 4 is 44.9 Å². The summed E-state index contributed by atoms with van der Waals surface area (Å²) >= 11 is 9.26. The van der Waals surface area contributed by atoms with Gasteiger partial charge >= 0.3 is 26.2 Å². The first kappa shape index (κ1) is 17.8. The molecule has 1 aromatic carbocycles. The summed E-state index contributed by atoms with van der Waals surface area (Å²) in [6, 6.07) is 3.21. The van der Waals surface area contributed by atoms with Gasteiger partial charge in [-0.05, 0) is 35.3 Å². The molecule has 5 nitrogen and oxygen atoms in total. The summed E-state index contributed by atoms with van der Waals surface area (Å²) in [6.45, 7) is 0. The van der Waals surface area contributed by atoms with Crippen LogP contribution in [0.4, 0.5) is 23.2 Å². The molecule has 0 aliphatic carbocycles. The van der Waals surface area contributed by atoms with Gasteiger partial charge in [0, 0.05) is 0 Å². The third-order valence-corrected chi connectivity index (χ3v) is 4.76. The van der Waals surface area contributed by atoms with Gasteiger partial charge in [0.2, 0.25) is 0 Å². The zero-order valence-electron chi connectivity index (χ0n) is 9.60. The summed E-state index contributed by atoms with van der Waals surface area (Å²) in [6.07, 6.45) is -5.69. The number of carboxylic acid groups (broad SMARTS) is 1. The van der Waals surface area contributed by atoms with Crippen LogP contribution in [0.15, 0.2) is 24.3 Å². The van der Waals surface area contributed by atoms with Crippen molar-refractivity contribution in [3.05, 3.63) is 29.8 Å². The van der Waals surface area contributed by atoms with E-state index in [1.165, 1.54) is 0 Å². The Labute approximate surface area is 125 Å². The maximum absolute atomic E-state index is 13.2. The van der Waals surface area contributed by atoms with Crippen LogP contribution in [0.5, 0.6) is 0 Å².